The number of pyridine rings is 1. The fourth-order valence-electron chi connectivity index (χ4n) is 2.37. The molecule has 2 aromatic heterocycles. The van der Waals surface area contributed by atoms with E-state index in [4.69, 9.17) is 0 Å². The monoisotopic (exact) mass is 268 g/mol. The topological polar surface area (TPSA) is 24.9 Å². The summed E-state index contributed by atoms with van der Waals surface area (Å²) in [7, 11) is 0. The summed E-state index contributed by atoms with van der Waals surface area (Å²) in [5.74, 6) is 0. The minimum atomic E-state index is 0.161. The average molecular weight is 268 g/mol. The van der Waals surface area contributed by atoms with Gasteiger partial charge in [0.2, 0.25) is 0 Å². The quantitative estimate of drug-likeness (QED) is 0.773. The van der Waals surface area contributed by atoms with Crippen molar-refractivity contribution in [3.05, 3.63) is 65.3 Å². The Morgan fingerprint density at radius 1 is 1.16 bits per heavy atom. The Kier molecular flexibility index (Phi) is 3.58. The summed E-state index contributed by atoms with van der Waals surface area (Å²) in [5.41, 5.74) is 2.39. The van der Waals surface area contributed by atoms with Crippen molar-refractivity contribution >= 4 is 21.4 Å². The highest BCUT2D eigenvalue weighted by atomic mass is 32.1. The van der Waals surface area contributed by atoms with Gasteiger partial charge < -0.3 is 5.32 Å². The first-order valence-electron chi connectivity index (χ1n) is 6.50. The van der Waals surface area contributed by atoms with Gasteiger partial charge in [-0.2, -0.15) is 0 Å². The van der Waals surface area contributed by atoms with Gasteiger partial charge >= 0.3 is 0 Å². The normalized spacial score (nSPS) is 12.7. The lowest BCUT2D eigenvalue weighted by molar-refractivity contribution is 0.620. The van der Waals surface area contributed by atoms with E-state index in [0.717, 1.165) is 12.2 Å². The maximum Gasteiger partial charge on any atom is 0.0765 e. The van der Waals surface area contributed by atoms with Crippen molar-refractivity contribution in [2.75, 3.05) is 6.54 Å². The molecular weight excluding hydrogens is 252 g/mol. The summed E-state index contributed by atoms with van der Waals surface area (Å²) < 4.78 is 1.35. The van der Waals surface area contributed by atoms with Crippen LogP contribution in [0, 0.1) is 0 Å². The van der Waals surface area contributed by atoms with Gasteiger partial charge in [-0.05, 0) is 41.1 Å². The van der Waals surface area contributed by atoms with Crippen LogP contribution >= 0.6 is 11.3 Å². The summed E-state index contributed by atoms with van der Waals surface area (Å²) in [6, 6.07) is 14.9. The molecule has 0 aliphatic rings. The molecule has 19 heavy (non-hydrogen) atoms. The molecule has 0 saturated heterocycles. The van der Waals surface area contributed by atoms with Crippen LogP contribution < -0.4 is 5.32 Å². The van der Waals surface area contributed by atoms with Crippen LogP contribution in [0.15, 0.2) is 54.0 Å². The van der Waals surface area contributed by atoms with Gasteiger partial charge in [-0.3, -0.25) is 4.98 Å². The third-order valence-electron chi connectivity index (χ3n) is 3.21. The van der Waals surface area contributed by atoms with Crippen LogP contribution in [0.25, 0.3) is 10.1 Å². The first-order chi connectivity index (χ1) is 9.40. The molecule has 3 rings (SSSR count). The smallest absolute Gasteiger partial charge is 0.0765 e. The molecule has 0 bridgehead atoms. The second-order valence-electron chi connectivity index (χ2n) is 4.43. The zero-order valence-corrected chi connectivity index (χ0v) is 11.7. The van der Waals surface area contributed by atoms with Crippen LogP contribution in [0.3, 0.4) is 0 Å². The second kappa shape index (κ2) is 5.51. The van der Waals surface area contributed by atoms with Gasteiger partial charge in [-0.1, -0.05) is 31.2 Å². The first kappa shape index (κ1) is 12.3. The van der Waals surface area contributed by atoms with Crippen LogP contribution in [0.5, 0.6) is 0 Å². The third kappa shape index (κ3) is 2.39. The van der Waals surface area contributed by atoms with Crippen molar-refractivity contribution in [3.8, 4) is 0 Å². The van der Waals surface area contributed by atoms with Gasteiger partial charge in [-0.25, -0.2) is 0 Å². The van der Waals surface area contributed by atoms with Crippen molar-refractivity contribution in [2.45, 2.75) is 13.0 Å². The van der Waals surface area contributed by atoms with Gasteiger partial charge in [-0.15, -0.1) is 11.3 Å². The van der Waals surface area contributed by atoms with Gasteiger partial charge in [0.05, 0.1) is 11.7 Å². The van der Waals surface area contributed by atoms with Crippen molar-refractivity contribution in [1.82, 2.24) is 10.3 Å². The summed E-state index contributed by atoms with van der Waals surface area (Å²) in [6.45, 7) is 3.05. The highest BCUT2D eigenvalue weighted by molar-refractivity contribution is 7.17. The first-order valence-corrected chi connectivity index (χ1v) is 7.38. The molecule has 2 nitrogen and oxygen atoms in total. The maximum absolute atomic E-state index is 4.51. The summed E-state index contributed by atoms with van der Waals surface area (Å²) in [4.78, 5) is 4.51. The van der Waals surface area contributed by atoms with E-state index >= 15 is 0 Å². The molecule has 0 saturated carbocycles. The minimum Gasteiger partial charge on any atom is -0.305 e. The van der Waals surface area contributed by atoms with E-state index in [1.807, 2.05) is 18.3 Å². The van der Waals surface area contributed by atoms with E-state index in [0.29, 0.717) is 0 Å². The molecule has 3 aromatic rings. The standard InChI is InChI=1S/C16H16N2S/c1-2-17-15(14-8-3-4-10-18-14)13-7-5-6-12-9-11-19-16(12)13/h3-11,15,17H,2H2,1H3. The summed E-state index contributed by atoms with van der Waals surface area (Å²) in [5, 5.41) is 7.00. The minimum absolute atomic E-state index is 0.161. The molecule has 96 valence electrons. The van der Waals surface area contributed by atoms with Crippen LogP contribution in [0.4, 0.5) is 0 Å². The molecule has 0 aliphatic heterocycles. The van der Waals surface area contributed by atoms with E-state index in [1.165, 1.54) is 15.6 Å². The zero-order valence-electron chi connectivity index (χ0n) is 10.8. The van der Waals surface area contributed by atoms with Crippen molar-refractivity contribution in [3.63, 3.8) is 0 Å². The highest BCUT2D eigenvalue weighted by Crippen LogP contribution is 2.31. The molecule has 1 atom stereocenters. The highest BCUT2D eigenvalue weighted by Gasteiger charge is 2.16. The Balaban J connectivity index is 2.12. The van der Waals surface area contributed by atoms with Crippen LogP contribution in [0.2, 0.25) is 0 Å². The lowest BCUT2D eigenvalue weighted by Crippen LogP contribution is -2.22. The van der Waals surface area contributed by atoms with Gasteiger partial charge in [0, 0.05) is 10.9 Å². The number of aromatic nitrogens is 1. The average Bonchev–Trinajstić information content (AvgIpc) is 2.94. The molecule has 0 fully saturated rings. The number of hydrogen-bond acceptors (Lipinski definition) is 3. The van der Waals surface area contributed by atoms with E-state index < -0.39 is 0 Å². The molecule has 1 unspecified atom stereocenters. The predicted molar refractivity (Wildman–Crippen MR) is 81.6 cm³/mol. The predicted octanol–water partition coefficient (Wildman–Crippen LogP) is 4.00. The molecular formula is C16H16N2S. The Morgan fingerprint density at radius 2 is 2.11 bits per heavy atom. The number of fused-ring (bicyclic) bond motifs is 1. The zero-order chi connectivity index (χ0) is 13.1. The summed E-state index contributed by atoms with van der Waals surface area (Å²) >= 11 is 1.80. The van der Waals surface area contributed by atoms with Crippen LogP contribution in [-0.2, 0) is 0 Å². The van der Waals surface area contributed by atoms with Crippen molar-refractivity contribution in [1.29, 1.82) is 0 Å². The molecule has 1 aromatic carbocycles. The van der Waals surface area contributed by atoms with E-state index in [9.17, 15) is 0 Å². The number of nitrogens with zero attached hydrogens (tertiary/aromatic N) is 1. The number of thiophene rings is 1. The number of rotatable bonds is 4. The molecule has 0 aliphatic carbocycles. The van der Waals surface area contributed by atoms with Crippen molar-refractivity contribution in [2.24, 2.45) is 0 Å². The molecule has 2 heterocycles. The van der Waals surface area contributed by atoms with E-state index in [2.05, 4.69) is 52.9 Å². The fourth-order valence-corrected chi connectivity index (χ4v) is 3.31. The van der Waals surface area contributed by atoms with Gasteiger partial charge in [0.15, 0.2) is 0 Å². The second-order valence-corrected chi connectivity index (χ2v) is 5.35. The number of nitrogens with one attached hydrogen (secondary N) is 1. The third-order valence-corrected chi connectivity index (χ3v) is 4.19. The SMILES string of the molecule is CCNC(c1ccccn1)c1cccc2ccsc12. The Labute approximate surface area is 117 Å². The largest absolute Gasteiger partial charge is 0.305 e. The Morgan fingerprint density at radius 3 is 2.89 bits per heavy atom. The fraction of sp³-hybridized carbons (Fsp3) is 0.188. The van der Waals surface area contributed by atoms with Gasteiger partial charge in [0.1, 0.15) is 0 Å². The summed E-state index contributed by atoms with van der Waals surface area (Å²) in [6.07, 6.45) is 1.86. The molecule has 0 spiro atoms. The molecule has 3 heteroatoms. The lowest BCUT2D eigenvalue weighted by atomic mass is 10.0. The molecule has 0 amide bonds. The number of hydrogen-bond donors (Lipinski definition) is 1. The van der Waals surface area contributed by atoms with E-state index in [1.54, 1.807) is 11.3 Å². The van der Waals surface area contributed by atoms with Crippen molar-refractivity contribution < 1.29 is 0 Å². The molecule has 0 radical (unpaired) electrons. The Hall–Kier alpha value is -1.71. The Bertz CT molecular complexity index is 661. The maximum atomic E-state index is 4.51. The molecule has 1 N–H and O–H groups in total. The lowest BCUT2D eigenvalue weighted by Gasteiger charge is -2.18. The van der Waals surface area contributed by atoms with Crippen LogP contribution in [0.1, 0.15) is 24.2 Å². The number of benzene rings is 1. The van der Waals surface area contributed by atoms with Gasteiger partial charge in [0.25, 0.3) is 0 Å². The van der Waals surface area contributed by atoms with Crippen LogP contribution in [-0.4, -0.2) is 11.5 Å². The van der Waals surface area contributed by atoms with E-state index in [-0.39, 0.29) is 6.04 Å².